The fraction of sp³-hybridized carbons (Fsp3) is 0.400. The number of hydrogen-bond donors (Lipinski definition) is 1. The maximum atomic E-state index is 6.37. The Morgan fingerprint density at radius 3 is 2.83 bits per heavy atom. The summed E-state index contributed by atoms with van der Waals surface area (Å²) in [4.78, 5) is 4.89. The predicted molar refractivity (Wildman–Crippen MR) is 79.9 cm³/mol. The molecule has 0 amide bonds. The van der Waals surface area contributed by atoms with E-state index in [4.69, 9.17) is 10.7 Å². The molecule has 1 aliphatic carbocycles. The lowest BCUT2D eigenvalue weighted by atomic mass is 9.92. The van der Waals surface area contributed by atoms with Crippen LogP contribution in [0.5, 0.6) is 0 Å². The largest absolute Gasteiger partial charge is 0.398 e. The molecule has 0 saturated carbocycles. The van der Waals surface area contributed by atoms with Crippen LogP contribution in [0.1, 0.15) is 36.6 Å². The Morgan fingerprint density at radius 2 is 2.06 bits per heavy atom. The van der Waals surface area contributed by atoms with E-state index in [1.807, 2.05) is 0 Å². The Kier molecular flexibility index (Phi) is 3.02. The van der Waals surface area contributed by atoms with Gasteiger partial charge in [0.05, 0.1) is 5.52 Å². The first-order chi connectivity index (χ1) is 8.70. The van der Waals surface area contributed by atoms with Gasteiger partial charge in [-0.3, -0.25) is 4.98 Å². The van der Waals surface area contributed by atoms with Gasteiger partial charge in [0.15, 0.2) is 0 Å². The first-order valence-corrected chi connectivity index (χ1v) is 7.39. The molecule has 2 nitrogen and oxygen atoms in total. The number of hydrogen-bond acceptors (Lipinski definition) is 2. The number of halogens is 1. The van der Waals surface area contributed by atoms with E-state index in [0.29, 0.717) is 0 Å². The van der Waals surface area contributed by atoms with E-state index < -0.39 is 0 Å². The zero-order valence-corrected chi connectivity index (χ0v) is 12.2. The van der Waals surface area contributed by atoms with Crippen LogP contribution in [0.4, 0.5) is 5.69 Å². The van der Waals surface area contributed by atoms with Crippen LogP contribution >= 0.6 is 15.9 Å². The van der Waals surface area contributed by atoms with Crippen molar-refractivity contribution in [3.05, 3.63) is 33.4 Å². The fourth-order valence-electron chi connectivity index (χ4n) is 2.86. The molecule has 0 radical (unpaired) electrons. The average Bonchev–Trinajstić information content (AvgIpc) is 2.39. The van der Waals surface area contributed by atoms with Gasteiger partial charge in [0.1, 0.15) is 0 Å². The van der Waals surface area contributed by atoms with Crippen molar-refractivity contribution < 1.29 is 0 Å². The van der Waals surface area contributed by atoms with E-state index in [9.17, 15) is 0 Å². The number of benzene rings is 1. The third-order valence-electron chi connectivity index (χ3n) is 3.84. The van der Waals surface area contributed by atoms with Crippen LogP contribution in [-0.2, 0) is 19.3 Å². The standard InChI is InChI=1S/C15H17BrN2/c1-2-9-7-10(16)8-12-14(17)11-5-3-4-6-13(11)18-15(9)12/h7-8H,2-6H2,1H3,(H2,17,18). The Labute approximate surface area is 116 Å². The summed E-state index contributed by atoms with van der Waals surface area (Å²) in [5.41, 5.74) is 12.2. The first-order valence-electron chi connectivity index (χ1n) is 6.60. The third-order valence-corrected chi connectivity index (χ3v) is 4.29. The fourth-order valence-corrected chi connectivity index (χ4v) is 3.37. The molecule has 1 heterocycles. The second kappa shape index (κ2) is 4.54. The minimum atomic E-state index is 0.950. The third kappa shape index (κ3) is 1.81. The maximum Gasteiger partial charge on any atom is 0.0758 e. The van der Waals surface area contributed by atoms with E-state index in [1.54, 1.807) is 0 Å². The lowest BCUT2D eigenvalue weighted by Gasteiger charge is -2.19. The van der Waals surface area contributed by atoms with Crippen LogP contribution in [0.25, 0.3) is 10.9 Å². The summed E-state index contributed by atoms with van der Waals surface area (Å²) in [5, 5.41) is 1.11. The molecule has 1 aliphatic rings. The molecule has 0 fully saturated rings. The van der Waals surface area contributed by atoms with Gasteiger partial charge in [-0.15, -0.1) is 0 Å². The van der Waals surface area contributed by atoms with E-state index in [1.165, 1.54) is 29.7 Å². The van der Waals surface area contributed by atoms with Crippen LogP contribution in [0.2, 0.25) is 0 Å². The van der Waals surface area contributed by atoms with Gasteiger partial charge >= 0.3 is 0 Å². The van der Waals surface area contributed by atoms with Gasteiger partial charge in [0.25, 0.3) is 0 Å². The molecule has 0 saturated heterocycles. The van der Waals surface area contributed by atoms with Crippen LogP contribution < -0.4 is 5.73 Å². The molecule has 94 valence electrons. The van der Waals surface area contributed by atoms with Gasteiger partial charge in [-0.25, -0.2) is 0 Å². The molecule has 2 aromatic rings. The molecule has 1 aromatic heterocycles. The number of pyridine rings is 1. The van der Waals surface area contributed by atoms with Crippen molar-refractivity contribution in [2.45, 2.75) is 39.0 Å². The second-order valence-electron chi connectivity index (χ2n) is 4.97. The van der Waals surface area contributed by atoms with Gasteiger partial charge in [0.2, 0.25) is 0 Å². The minimum Gasteiger partial charge on any atom is -0.398 e. The van der Waals surface area contributed by atoms with E-state index >= 15 is 0 Å². The first kappa shape index (κ1) is 12.0. The van der Waals surface area contributed by atoms with Crippen molar-refractivity contribution in [3.63, 3.8) is 0 Å². The minimum absolute atomic E-state index is 0.950. The summed E-state index contributed by atoms with van der Waals surface area (Å²) in [6.07, 6.45) is 5.62. The van der Waals surface area contributed by atoms with Crippen LogP contribution in [-0.4, -0.2) is 4.98 Å². The van der Waals surface area contributed by atoms with Crippen LogP contribution in [0, 0.1) is 0 Å². The quantitative estimate of drug-likeness (QED) is 0.864. The molecule has 18 heavy (non-hydrogen) atoms. The lowest BCUT2D eigenvalue weighted by Crippen LogP contribution is -2.10. The Balaban J connectivity index is 2.37. The molecular formula is C15H17BrN2. The smallest absolute Gasteiger partial charge is 0.0758 e. The normalized spacial score (nSPS) is 14.8. The molecule has 0 spiro atoms. The molecule has 0 unspecified atom stereocenters. The van der Waals surface area contributed by atoms with Gasteiger partial charge in [-0.05, 0) is 55.4 Å². The van der Waals surface area contributed by atoms with E-state index in [-0.39, 0.29) is 0 Å². The highest BCUT2D eigenvalue weighted by molar-refractivity contribution is 9.10. The molecule has 0 aliphatic heterocycles. The number of rotatable bonds is 1. The summed E-state index contributed by atoms with van der Waals surface area (Å²) >= 11 is 3.57. The number of anilines is 1. The monoisotopic (exact) mass is 304 g/mol. The maximum absolute atomic E-state index is 6.37. The summed E-state index contributed by atoms with van der Waals surface area (Å²) in [7, 11) is 0. The van der Waals surface area contributed by atoms with Gasteiger partial charge < -0.3 is 5.73 Å². The van der Waals surface area contributed by atoms with Gasteiger partial charge in [-0.2, -0.15) is 0 Å². The van der Waals surface area contributed by atoms with Crippen molar-refractivity contribution in [3.8, 4) is 0 Å². The van der Waals surface area contributed by atoms with E-state index in [2.05, 4.69) is 35.0 Å². The number of nitrogens with two attached hydrogens (primary N) is 1. The highest BCUT2D eigenvalue weighted by Gasteiger charge is 2.17. The molecule has 0 atom stereocenters. The van der Waals surface area contributed by atoms with Gasteiger partial charge in [0, 0.05) is 21.2 Å². The summed E-state index contributed by atoms with van der Waals surface area (Å²) in [6, 6.07) is 4.26. The predicted octanol–water partition coefficient (Wildman–Crippen LogP) is 4.02. The molecule has 2 N–H and O–H groups in total. The number of fused-ring (bicyclic) bond motifs is 2. The summed E-state index contributed by atoms with van der Waals surface area (Å²) in [6.45, 7) is 2.17. The van der Waals surface area contributed by atoms with Gasteiger partial charge in [-0.1, -0.05) is 22.9 Å². The highest BCUT2D eigenvalue weighted by Crippen LogP contribution is 2.34. The van der Waals surface area contributed by atoms with Crippen LogP contribution in [0.15, 0.2) is 16.6 Å². The number of aryl methyl sites for hydroxylation is 2. The molecule has 3 rings (SSSR count). The van der Waals surface area contributed by atoms with Crippen LogP contribution in [0.3, 0.4) is 0 Å². The topological polar surface area (TPSA) is 38.9 Å². The van der Waals surface area contributed by atoms with Crippen molar-refractivity contribution >= 4 is 32.5 Å². The van der Waals surface area contributed by atoms with E-state index in [0.717, 1.165) is 40.3 Å². The average molecular weight is 305 g/mol. The summed E-state index contributed by atoms with van der Waals surface area (Å²) < 4.78 is 1.09. The summed E-state index contributed by atoms with van der Waals surface area (Å²) in [5.74, 6) is 0. The zero-order valence-electron chi connectivity index (χ0n) is 10.6. The Hall–Kier alpha value is -1.09. The van der Waals surface area contributed by atoms with Crippen molar-refractivity contribution in [1.29, 1.82) is 0 Å². The number of aromatic nitrogens is 1. The highest BCUT2D eigenvalue weighted by atomic mass is 79.9. The lowest BCUT2D eigenvalue weighted by molar-refractivity contribution is 0.672. The van der Waals surface area contributed by atoms with Crippen molar-refractivity contribution in [1.82, 2.24) is 4.98 Å². The Morgan fingerprint density at radius 1 is 1.28 bits per heavy atom. The number of nitrogen functional groups attached to an aromatic ring is 1. The second-order valence-corrected chi connectivity index (χ2v) is 5.89. The molecule has 1 aromatic carbocycles. The molecule has 0 bridgehead atoms. The zero-order chi connectivity index (χ0) is 12.7. The Bertz CT molecular complexity index is 620. The van der Waals surface area contributed by atoms with Crippen molar-refractivity contribution in [2.24, 2.45) is 0 Å². The molecule has 3 heteroatoms. The SMILES string of the molecule is CCc1cc(Br)cc2c(N)c3c(nc12)CCCC3. The number of nitrogens with zero attached hydrogens (tertiary/aromatic N) is 1. The van der Waals surface area contributed by atoms with Crippen molar-refractivity contribution in [2.75, 3.05) is 5.73 Å². The molecular weight excluding hydrogens is 288 g/mol.